The van der Waals surface area contributed by atoms with E-state index in [1.165, 1.54) is 57.2 Å². The molecule has 0 amide bonds. The fourth-order valence-electron chi connectivity index (χ4n) is 3.34. The van der Waals surface area contributed by atoms with Crippen LogP contribution in [0, 0.1) is 0 Å². The number of rotatable bonds is 4. The van der Waals surface area contributed by atoms with E-state index in [0.29, 0.717) is 0 Å². The van der Waals surface area contributed by atoms with Gasteiger partial charge in [0.25, 0.3) is 0 Å². The molecule has 0 spiro atoms. The summed E-state index contributed by atoms with van der Waals surface area (Å²) in [7, 11) is 3.59. The van der Waals surface area contributed by atoms with E-state index in [1.807, 2.05) is 0 Å². The van der Waals surface area contributed by atoms with Crippen LogP contribution in [0.15, 0.2) is 12.1 Å². The maximum Gasteiger partial charge on any atom is 0.129 e. The summed E-state index contributed by atoms with van der Waals surface area (Å²) in [5.41, 5.74) is 2.66. The molecule has 0 radical (unpaired) electrons. The average molecular weight is 257 g/mol. The SMILES string of the molecule is CN1CCC(BCCc2ccc3c(n2)NCCC3)C1. The summed E-state index contributed by atoms with van der Waals surface area (Å²) in [6.45, 7) is 3.66. The summed E-state index contributed by atoms with van der Waals surface area (Å²) in [6.07, 6.45) is 6.22. The molecule has 0 saturated carbocycles. The van der Waals surface area contributed by atoms with Gasteiger partial charge in [0.05, 0.1) is 0 Å². The van der Waals surface area contributed by atoms with Gasteiger partial charge in [0, 0.05) is 12.2 Å². The lowest BCUT2D eigenvalue weighted by Gasteiger charge is -2.17. The zero-order valence-corrected chi connectivity index (χ0v) is 12.0. The first-order chi connectivity index (χ1) is 9.31. The minimum absolute atomic E-state index is 0.917. The molecule has 1 saturated heterocycles. The molecule has 1 unspecified atom stereocenters. The highest BCUT2D eigenvalue weighted by molar-refractivity contribution is 6.37. The van der Waals surface area contributed by atoms with Crippen molar-refractivity contribution in [2.24, 2.45) is 0 Å². The van der Waals surface area contributed by atoms with Crippen molar-refractivity contribution in [1.82, 2.24) is 9.88 Å². The number of aryl methyl sites for hydroxylation is 2. The molecule has 1 fully saturated rings. The van der Waals surface area contributed by atoms with Crippen LogP contribution < -0.4 is 5.32 Å². The number of nitrogens with one attached hydrogen (secondary N) is 1. The number of fused-ring (bicyclic) bond motifs is 1. The molecule has 1 aromatic heterocycles. The van der Waals surface area contributed by atoms with Crippen molar-refractivity contribution in [2.45, 2.75) is 37.8 Å². The van der Waals surface area contributed by atoms with Crippen molar-refractivity contribution < 1.29 is 0 Å². The largest absolute Gasteiger partial charge is 0.370 e. The Hall–Kier alpha value is -1.03. The summed E-state index contributed by atoms with van der Waals surface area (Å²) < 4.78 is 0. The number of hydrogen-bond acceptors (Lipinski definition) is 3. The fraction of sp³-hybridized carbons (Fsp3) is 0.667. The number of nitrogens with zero attached hydrogens (tertiary/aromatic N) is 2. The maximum atomic E-state index is 4.77. The van der Waals surface area contributed by atoms with E-state index in [1.54, 1.807) is 0 Å². The van der Waals surface area contributed by atoms with Gasteiger partial charge in [-0.3, -0.25) is 0 Å². The molecule has 3 rings (SSSR count). The van der Waals surface area contributed by atoms with Crippen LogP contribution in [-0.4, -0.2) is 43.8 Å². The van der Waals surface area contributed by atoms with E-state index in [2.05, 4.69) is 29.4 Å². The Labute approximate surface area is 117 Å². The Bertz CT molecular complexity index is 435. The van der Waals surface area contributed by atoms with Crippen LogP contribution >= 0.6 is 0 Å². The molecule has 1 N–H and O–H groups in total. The lowest BCUT2D eigenvalue weighted by molar-refractivity contribution is 0.417. The highest BCUT2D eigenvalue weighted by atomic mass is 15.1. The first-order valence-electron chi connectivity index (χ1n) is 7.72. The second kappa shape index (κ2) is 5.95. The number of hydrogen-bond donors (Lipinski definition) is 1. The molecule has 3 nitrogen and oxygen atoms in total. The number of aromatic nitrogens is 1. The number of pyridine rings is 1. The molecule has 102 valence electrons. The smallest absolute Gasteiger partial charge is 0.129 e. The van der Waals surface area contributed by atoms with Gasteiger partial charge in [-0.25, -0.2) is 4.98 Å². The van der Waals surface area contributed by atoms with Crippen molar-refractivity contribution in [3.05, 3.63) is 23.4 Å². The van der Waals surface area contributed by atoms with Gasteiger partial charge < -0.3 is 10.2 Å². The third kappa shape index (κ3) is 3.30. The van der Waals surface area contributed by atoms with Crippen LogP contribution in [0.4, 0.5) is 5.82 Å². The van der Waals surface area contributed by atoms with E-state index in [-0.39, 0.29) is 0 Å². The van der Waals surface area contributed by atoms with Gasteiger partial charge in [0.2, 0.25) is 0 Å². The van der Waals surface area contributed by atoms with E-state index < -0.39 is 0 Å². The molecule has 4 heteroatoms. The summed E-state index contributed by atoms with van der Waals surface area (Å²) >= 11 is 0. The first-order valence-corrected chi connectivity index (χ1v) is 7.72. The van der Waals surface area contributed by atoms with E-state index in [4.69, 9.17) is 4.98 Å². The van der Waals surface area contributed by atoms with Crippen LogP contribution in [0.25, 0.3) is 0 Å². The van der Waals surface area contributed by atoms with Crippen LogP contribution in [0.3, 0.4) is 0 Å². The molecule has 1 aromatic rings. The van der Waals surface area contributed by atoms with Crippen LogP contribution in [-0.2, 0) is 12.8 Å². The standard InChI is InChI=1S/C15H24BN3/c1-19-10-7-13(11-19)16-8-6-14-5-4-12-3-2-9-17-15(12)18-14/h4-5,13,16H,2-3,6-11H2,1H3,(H,17,18). The van der Waals surface area contributed by atoms with Gasteiger partial charge >= 0.3 is 0 Å². The van der Waals surface area contributed by atoms with Gasteiger partial charge in [0.1, 0.15) is 13.1 Å². The highest BCUT2D eigenvalue weighted by Crippen LogP contribution is 2.22. The average Bonchev–Trinajstić information content (AvgIpc) is 2.84. The number of likely N-dealkylation sites (tertiary alicyclic amines) is 1. The Morgan fingerprint density at radius 3 is 3.26 bits per heavy atom. The minimum atomic E-state index is 0.917. The molecular formula is C15H24BN3. The first kappa shape index (κ1) is 13.0. The Morgan fingerprint density at radius 1 is 1.47 bits per heavy atom. The van der Waals surface area contributed by atoms with Crippen molar-refractivity contribution in [2.75, 3.05) is 32.0 Å². The fourth-order valence-corrected chi connectivity index (χ4v) is 3.34. The zero-order valence-electron chi connectivity index (χ0n) is 12.0. The minimum Gasteiger partial charge on any atom is -0.370 e. The normalized spacial score (nSPS) is 22.9. The number of anilines is 1. The molecule has 0 bridgehead atoms. The topological polar surface area (TPSA) is 28.2 Å². The summed E-state index contributed by atoms with van der Waals surface area (Å²) in [5, 5.41) is 3.42. The second-order valence-electron chi connectivity index (χ2n) is 6.15. The highest BCUT2D eigenvalue weighted by Gasteiger charge is 2.19. The molecule has 3 heterocycles. The summed E-state index contributed by atoms with van der Waals surface area (Å²) in [5.74, 6) is 2.06. The van der Waals surface area contributed by atoms with Crippen molar-refractivity contribution in [3.8, 4) is 0 Å². The molecule has 0 aromatic carbocycles. The van der Waals surface area contributed by atoms with Crippen molar-refractivity contribution >= 4 is 13.1 Å². The molecule has 0 aliphatic carbocycles. The molecule has 1 atom stereocenters. The van der Waals surface area contributed by atoms with Gasteiger partial charge in [-0.1, -0.05) is 18.2 Å². The summed E-state index contributed by atoms with van der Waals surface area (Å²) in [6, 6.07) is 4.50. The van der Waals surface area contributed by atoms with Crippen molar-refractivity contribution in [1.29, 1.82) is 0 Å². The van der Waals surface area contributed by atoms with Gasteiger partial charge in [-0.2, -0.15) is 0 Å². The van der Waals surface area contributed by atoms with Crippen LogP contribution in [0.2, 0.25) is 12.1 Å². The zero-order chi connectivity index (χ0) is 13.1. The Morgan fingerprint density at radius 2 is 2.42 bits per heavy atom. The molecular weight excluding hydrogens is 233 g/mol. The third-order valence-corrected chi connectivity index (χ3v) is 4.49. The Balaban J connectivity index is 1.50. The predicted octanol–water partition coefficient (Wildman–Crippen LogP) is 1.96. The third-order valence-electron chi connectivity index (χ3n) is 4.49. The Kier molecular flexibility index (Phi) is 4.07. The lowest BCUT2D eigenvalue weighted by atomic mass is 9.60. The molecule has 19 heavy (non-hydrogen) atoms. The monoisotopic (exact) mass is 257 g/mol. The van der Waals surface area contributed by atoms with Gasteiger partial charge in [-0.15, -0.1) is 0 Å². The second-order valence-corrected chi connectivity index (χ2v) is 6.15. The van der Waals surface area contributed by atoms with Gasteiger partial charge in [0.15, 0.2) is 0 Å². The summed E-state index contributed by atoms with van der Waals surface area (Å²) in [4.78, 5) is 7.22. The van der Waals surface area contributed by atoms with Gasteiger partial charge in [-0.05, 0) is 57.5 Å². The maximum absolute atomic E-state index is 4.77. The quantitative estimate of drug-likeness (QED) is 0.836. The van der Waals surface area contributed by atoms with E-state index in [9.17, 15) is 0 Å². The van der Waals surface area contributed by atoms with Crippen LogP contribution in [0.1, 0.15) is 24.1 Å². The molecule has 2 aliphatic heterocycles. The predicted molar refractivity (Wildman–Crippen MR) is 82.6 cm³/mol. The van der Waals surface area contributed by atoms with Crippen LogP contribution in [0.5, 0.6) is 0 Å². The van der Waals surface area contributed by atoms with E-state index in [0.717, 1.165) is 24.6 Å². The van der Waals surface area contributed by atoms with E-state index >= 15 is 0 Å². The van der Waals surface area contributed by atoms with Crippen molar-refractivity contribution in [3.63, 3.8) is 0 Å². The lowest BCUT2D eigenvalue weighted by Crippen LogP contribution is -2.15. The molecule has 2 aliphatic rings.